The van der Waals surface area contributed by atoms with Crippen LogP contribution >= 0.6 is 12.4 Å². The average molecular weight is 869 g/mol. The molecule has 0 radical (unpaired) electrons. The van der Waals surface area contributed by atoms with Crippen molar-refractivity contribution < 1.29 is 27.6 Å². The fraction of sp³-hybridized carbons (Fsp3) is 0.435. The first-order valence-electron chi connectivity index (χ1n) is 21.3. The van der Waals surface area contributed by atoms with Crippen LogP contribution in [0.2, 0.25) is 0 Å². The van der Waals surface area contributed by atoms with Gasteiger partial charge in [0.2, 0.25) is 0 Å². The number of nitro groups is 1. The van der Waals surface area contributed by atoms with E-state index in [9.17, 15) is 23.3 Å². The fourth-order valence-corrected chi connectivity index (χ4v) is 11.1. The summed E-state index contributed by atoms with van der Waals surface area (Å²) in [5, 5.41) is 15.2. The number of nitro benzene ring substituents is 1. The number of nitrogens with one attached hydrogen (secondary N) is 2. The lowest BCUT2D eigenvalue weighted by atomic mass is 9.67. The lowest BCUT2D eigenvalue weighted by molar-refractivity contribution is -0.384. The van der Waals surface area contributed by atoms with Crippen molar-refractivity contribution in [2.45, 2.75) is 68.7 Å². The van der Waals surface area contributed by atoms with Gasteiger partial charge >= 0.3 is 0 Å². The Morgan fingerprint density at radius 1 is 0.967 bits per heavy atom. The molecule has 1 unspecified atom stereocenters. The monoisotopic (exact) mass is 868 g/mol. The molecule has 15 heteroatoms. The van der Waals surface area contributed by atoms with Crippen molar-refractivity contribution in [2.24, 2.45) is 17.3 Å². The minimum Gasteiger partial charge on any atom is -0.455 e. The molecule has 2 N–H and O–H groups in total. The van der Waals surface area contributed by atoms with Crippen LogP contribution < -0.4 is 19.7 Å². The Hall–Kier alpha value is -5.02. The van der Waals surface area contributed by atoms with Crippen LogP contribution in [0.4, 0.5) is 17.1 Å². The number of anilines is 2. The summed E-state index contributed by atoms with van der Waals surface area (Å²) in [6.07, 6.45) is 15.3. The van der Waals surface area contributed by atoms with E-state index in [4.69, 9.17) is 9.47 Å². The van der Waals surface area contributed by atoms with Crippen molar-refractivity contribution in [1.82, 2.24) is 14.6 Å². The third-order valence-electron chi connectivity index (χ3n) is 13.3. The molecule has 4 fully saturated rings. The number of carbonyl (C=O) groups is 1. The number of benzene rings is 3. The van der Waals surface area contributed by atoms with Gasteiger partial charge in [0.15, 0.2) is 0 Å². The van der Waals surface area contributed by atoms with Crippen LogP contribution in [0.5, 0.6) is 11.5 Å². The van der Waals surface area contributed by atoms with Gasteiger partial charge < -0.3 is 19.7 Å². The highest BCUT2D eigenvalue weighted by Crippen LogP contribution is 2.58. The number of hydrogen-bond acceptors (Lipinski definition) is 11. The van der Waals surface area contributed by atoms with E-state index in [0.29, 0.717) is 42.9 Å². The number of aromatic nitrogens is 1. The second kappa shape index (κ2) is 18.1. The van der Waals surface area contributed by atoms with Crippen molar-refractivity contribution >= 4 is 51.5 Å². The SMILES string of the molecule is Cl.O=C(NS(=O)(=O)c1ccc(NCC2CCOCC2)c([N+](=O)[O-])c1)c1ccc(N2CCC(CN3CC4(CCCC4)C3c3ccccc3)CC2)cc1Oc1cnc2c(c1)C=CC2. The maximum absolute atomic E-state index is 13.9. The van der Waals surface area contributed by atoms with Gasteiger partial charge in [-0.15, -0.1) is 12.4 Å². The summed E-state index contributed by atoms with van der Waals surface area (Å²) in [5.74, 6) is 0.520. The molecule has 1 spiro atoms. The van der Waals surface area contributed by atoms with Gasteiger partial charge in [0.05, 0.1) is 27.3 Å². The van der Waals surface area contributed by atoms with Crippen LogP contribution in [0.3, 0.4) is 0 Å². The highest BCUT2D eigenvalue weighted by molar-refractivity contribution is 7.90. The molecule has 322 valence electrons. The van der Waals surface area contributed by atoms with Crippen molar-refractivity contribution in [3.63, 3.8) is 0 Å². The molecule has 2 aliphatic carbocycles. The minimum absolute atomic E-state index is 0. The third kappa shape index (κ3) is 9.13. The molecule has 4 heterocycles. The number of fused-ring (bicyclic) bond motifs is 1. The van der Waals surface area contributed by atoms with Crippen LogP contribution in [-0.2, 0) is 21.2 Å². The molecule has 0 bridgehead atoms. The van der Waals surface area contributed by atoms with E-state index >= 15 is 0 Å². The van der Waals surface area contributed by atoms with Gasteiger partial charge in [0.1, 0.15) is 17.2 Å². The first kappa shape index (κ1) is 42.7. The Morgan fingerprint density at radius 2 is 1.74 bits per heavy atom. The Morgan fingerprint density at radius 3 is 2.49 bits per heavy atom. The fourth-order valence-electron chi connectivity index (χ4n) is 10.1. The van der Waals surface area contributed by atoms with Crippen LogP contribution in [0.25, 0.3) is 6.08 Å². The Balaban J connectivity index is 0.00000514. The zero-order chi connectivity index (χ0) is 41.3. The summed E-state index contributed by atoms with van der Waals surface area (Å²) in [7, 11) is -4.53. The molecule has 5 aliphatic rings. The summed E-state index contributed by atoms with van der Waals surface area (Å²) in [6, 6.07) is 22.2. The molecule has 1 amide bonds. The average Bonchev–Trinajstić information content (AvgIpc) is 3.95. The third-order valence-corrected chi connectivity index (χ3v) is 14.6. The van der Waals surface area contributed by atoms with E-state index in [1.54, 1.807) is 18.3 Å². The molecule has 3 aromatic carbocycles. The number of allylic oxidation sites excluding steroid dienone is 1. The maximum Gasteiger partial charge on any atom is 0.293 e. The number of nitrogens with zero attached hydrogens (tertiary/aromatic N) is 4. The van der Waals surface area contributed by atoms with Crippen molar-refractivity contribution in [3.05, 3.63) is 118 Å². The molecule has 1 saturated carbocycles. The van der Waals surface area contributed by atoms with E-state index in [1.165, 1.54) is 49.9 Å². The maximum atomic E-state index is 13.9. The van der Waals surface area contributed by atoms with Crippen molar-refractivity contribution in [3.8, 4) is 11.5 Å². The largest absolute Gasteiger partial charge is 0.455 e. The Labute approximate surface area is 363 Å². The summed E-state index contributed by atoms with van der Waals surface area (Å²) in [4.78, 5) is 34.5. The topological polar surface area (TPSA) is 156 Å². The highest BCUT2D eigenvalue weighted by atomic mass is 35.5. The van der Waals surface area contributed by atoms with Gasteiger partial charge in [-0.1, -0.05) is 55.3 Å². The zero-order valence-electron chi connectivity index (χ0n) is 34.2. The standard InChI is InChI=1S/C46H52N6O7S.ClH/c53-45(49-60(56,57)38-12-14-41(42(27-38)52(54)55)47-28-32-17-23-58-24-18-32)39-13-11-36(26-43(39)59-37-25-35-9-6-10-40(35)48-29-37)50-21-15-33(16-22-50)30-51-31-46(19-4-5-20-46)44(51)34-7-2-1-3-8-34;/h1-3,6-9,11-14,25-27,29,32-33,44,47H,4-5,10,15-24,28,30-31H2,(H,49,53);1H. The van der Waals surface area contributed by atoms with Gasteiger partial charge in [0.25, 0.3) is 21.6 Å². The number of rotatable bonds is 13. The molecule has 3 aliphatic heterocycles. The minimum atomic E-state index is -4.53. The highest BCUT2D eigenvalue weighted by Gasteiger charge is 2.54. The van der Waals surface area contributed by atoms with E-state index in [2.05, 4.69) is 55.2 Å². The summed E-state index contributed by atoms with van der Waals surface area (Å²) in [5.41, 5.74) is 4.38. The molecule has 61 heavy (non-hydrogen) atoms. The Bertz CT molecular complexity index is 2380. The first-order valence-corrected chi connectivity index (χ1v) is 22.8. The second-order valence-corrected chi connectivity index (χ2v) is 18.8. The van der Waals surface area contributed by atoms with Gasteiger partial charge in [-0.3, -0.25) is 24.8 Å². The van der Waals surface area contributed by atoms with E-state index < -0.39 is 31.4 Å². The number of piperidine rings is 1. The second-order valence-electron chi connectivity index (χ2n) is 17.1. The molecule has 3 saturated heterocycles. The Kier molecular flexibility index (Phi) is 12.7. The first-order chi connectivity index (χ1) is 29.1. The van der Waals surface area contributed by atoms with Crippen LogP contribution in [-0.4, -0.2) is 75.1 Å². The lowest BCUT2D eigenvalue weighted by Gasteiger charge is -2.58. The number of sulfonamides is 1. The normalized spacial score (nSPS) is 20.1. The van der Waals surface area contributed by atoms with Gasteiger partial charge in [-0.2, -0.15) is 0 Å². The predicted molar refractivity (Wildman–Crippen MR) is 237 cm³/mol. The van der Waals surface area contributed by atoms with E-state index in [-0.39, 0.29) is 35.3 Å². The number of hydrogen-bond donors (Lipinski definition) is 2. The molecule has 1 atom stereocenters. The number of pyridine rings is 1. The number of amides is 1. The smallest absolute Gasteiger partial charge is 0.293 e. The number of likely N-dealkylation sites (tertiary alicyclic amines) is 1. The van der Waals surface area contributed by atoms with E-state index in [1.807, 2.05) is 24.3 Å². The number of ether oxygens (including phenoxy) is 2. The molecular weight excluding hydrogens is 816 g/mol. The van der Waals surface area contributed by atoms with Crippen LogP contribution in [0.1, 0.15) is 84.6 Å². The molecule has 4 aromatic rings. The predicted octanol–water partition coefficient (Wildman–Crippen LogP) is 8.56. The molecule has 13 nitrogen and oxygen atoms in total. The van der Waals surface area contributed by atoms with Crippen molar-refractivity contribution in [1.29, 1.82) is 0 Å². The van der Waals surface area contributed by atoms with Crippen LogP contribution in [0.15, 0.2) is 90.0 Å². The van der Waals surface area contributed by atoms with Gasteiger partial charge in [0, 0.05) is 81.6 Å². The number of halogens is 1. The number of carbonyl (C=O) groups excluding carboxylic acids is 1. The van der Waals surface area contributed by atoms with Crippen molar-refractivity contribution in [2.75, 3.05) is 56.2 Å². The molecular formula is C46H53ClN6O7S. The van der Waals surface area contributed by atoms with E-state index in [0.717, 1.165) is 74.7 Å². The quantitative estimate of drug-likeness (QED) is 0.0981. The van der Waals surface area contributed by atoms with Crippen LogP contribution in [0, 0.1) is 27.4 Å². The lowest BCUT2D eigenvalue weighted by Crippen LogP contribution is -2.58. The summed E-state index contributed by atoms with van der Waals surface area (Å²) >= 11 is 0. The zero-order valence-corrected chi connectivity index (χ0v) is 35.8. The summed E-state index contributed by atoms with van der Waals surface area (Å²) < 4.78 is 41.2. The van der Waals surface area contributed by atoms with Gasteiger partial charge in [-0.25, -0.2) is 13.1 Å². The molecule has 1 aromatic heterocycles. The summed E-state index contributed by atoms with van der Waals surface area (Å²) in [6.45, 7) is 5.69. The van der Waals surface area contributed by atoms with Gasteiger partial charge in [-0.05, 0) is 91.8 Å². The molecule has 9 rings (SSSR count).